The summed E-state index contributed by atoms with van der Waals surface area (Å²) in [6.45, 7) is 0.874. The summed E-state index contributed by atoms with van der Waals surface area (Å²) in [7, 11) is 0. The average Bonchev–Trinajstić information content (AvgIpc) is 2.78. The van der Waals surface area contributed by atoms with E-state index in [9.17, 15) is 22.8 Å². The molecule has 1 heterocycles. The highest BCUT2D eigenvalue weighted by Gasteiger charge is 2.48. The van der Waals surface area contributed by atoms with Gasteiger partial charge < -0.3 is 10.2 Å². The Morgan fingerprint density at radius 3 is 2.52 bits per heavy atom. The predicted molar refractivity (Wildman–Crippen MR) is 67.1 cm³/mol. The number of hydrogen-bond donors (Lipinski definition) is 1. The zero-order valence-corrected chi connectivity index (χ0v) is 11.8. The SMILES string of the molecule is CC1CC(=O)NC2(CCCC2)C(=O)N1CCOC(F)(F)F. The number of amides is 2. The van der Waals surface area contributed by atoms with Gasteiger partial charge in [0.2, 0.25) is 11.8 Å². The molecule has 0 bridgehead atoms. The van der Waals surface area contributed by atoms with Gasteiger partial charge in [0.15, 0.2) is 0 Å². The van der Waals surface area contributed by atoms with Crippen LogP contribution in [0.25, 0.3) is 0 Å². The molecule has 0 aromatic heterocycles. The fourth-order valence-electron chi connectivity index (χ4n) is 3.12. The fourth-order valence-corrected chi connectivity index (χ4v) is 3.12. The zero-order chi connectivity index (χ0) is 15.7. The number of nitrogens with one attached hydrogen (secondary N) is 1. The Balaban J connectivity index is 2.09. The zero-order valence-electron chi connectivity index (χ0n) is 11.8. The van der Waals surface area contributed by atoms with Crippen molar-refractivity contribution in [2.75, 3.05) is 13.2 Å². The molecule has 1 unspecified atom stereocenters. The van der Waals surface area contributed by atoms with E-state index in [4.69, 9.17) is 0 Å². The summed E-state index contributed by atoms with van der Waals surface area (Å²) in [6, 6.07) is -0.436. The summed E-state index contributed by atoms with van der Waals surface area (Å²) >= 11 is 0. The van der Waals surface area contributed by atoms with Gasteiger partial charge in [-0.2, -0.15) is 0 Å². The van der Waals surface area contributed by atoms with Gasteiger partial charge >= 0.3 is 6.36 Å². The van der Waals surface area contributed by atoms with E-state index in [1.54, 1.807) is 6.92 Å². The number of alkyl halides is 3. The van der Waals surface area contributed by atoms with Gasteiger partial charge in [-0.3, -0.25) is 14.3 Å². The van der Waals surface area contributed by atoms with Gasteiger partial charge in [0, 0.05) is 19.0 Å². The predicted octanol–water partition coefficient (Wildman–Crippen LogP) is 1.57. The van der Waals surface area contributed by atoms with E-state index < -0.39 is 24.6 Å². The molecule has 1 spiro atoms. The molecule has 1 saturated heterocycles. The molecule has 0 radical (unpaired) electrons. The first-order valence-corrected chi connectivity index (χ1v) is 7.06. The molecule has 8 heteroatoms. The molecule has 2 aliphatic rings. The summed E-state index contributed by atoms with van der Waals surface area (Å²) in [5.74, 6) is -0.513. The molecule has 2 fully saturated rings. The molecule has 0 aromatic carbocycles. The minimum absolute atomic E-state index is 0.0967. The minimum Gasteiger partial charge on any atom is -0.342 e. The third kappa shape index (κ3) is 3.66. The molecule has 1 atom stereocenters. The van der Waals surface area contributed by atoms with Crippen LogP contribution in [0.5, 0.6) is 0 Å². The largest absolute Gasteiger partial charge is 0.522 e. The molecule has 1 saturated carbocycles. The van der Waals surface area contributed by atoms with E-state index in [0.717, 1.165) is 12.8 Å². The quantitative estimate of drug-likeness (QED) is 0.861. The first-order valence-electron chi connectivity index (χ1n) is 7.06. The van der Waals surface area contributed by atoms with E-state index in [2.05, 4.69) is 10.1 Å². The summed E-state index contributed by atoms with van der Waals surface area (Å²) in [4.78, 5) is 25.9. The Hall–Kier alpha value is -1.31. The van der Waals surface area contributed by atoms with Crippen LogP contribution in [0.2, 0.25) is 0 Å². The van der Waals surface area contributed by atoms with Crippen molar-refractivity contribution in [2.24, 2.45) is 0 Å². The molecule has 2 amide bonds. The maximum atomic E-state index is 12.7. The van der Waals surface area contributed by atoms with Crippen LogP contribution in [0.1, 0.15) is 39.0 Å². The standard InChI is InChI=1S/C13H19F3N2O3/c1-9-8-10(19)17-12(4-2-3-5-12)11(20)18(9)6-7-21-13(14,15)16/h9H,2-8H2,1H3,(H,17,19). The Morgan fingerprint density at radius 1 is 1.33 bits per heavy atom. The van der Waals surface area contributed by atoms with Crippen LogP contribution in [0.4, 0.5) is 13.2 Å². The second-order valence-electron chi connectivity index (χ2n) is 5.68. The van der Waals surface area contributed by atoms with Crippen molar-refractivity contribution in [3.8, 4) is 0 Å². The molecule has 0 aromatic rings. The molecule has 1 aliphatic carbocycles. The first kappa shape index (κ1) is 16.1. The van der Waals surface area contributed by atoms with Gasteiger partial charge in [-0.1, -0.05) is 12.8 Å². The smallest absolute Gasteiger partial charge is 0.342 e. The number of halogens is 3. The number of rotatable bonds is 3. The highest BCUT2D eigenvalue weighted by atomic mass is 19.4. The van der Waals surface area contributed by atoms with Gasteiger partial charge in [0.1, 0.15) is 5.54 Å². The third-order valence-electron chi connectivity index (χ3n) is 4.12. The van der Waals surface area contributed by atoms with Gasteiger partial charge in [-0.05, 0) is 19.8 Å². The van der Waals surface area contributed by atoms with E-state index >= 15 is 0 Å². The average molecular weight is 308 g/mol. The van der Waals surface area contributed by atoms with E-state index in [-0.39, 0.29) is 24.8 Å². The second-order valence-corrected chi connectivity index (χ2v) is 5.68. The molecule has 2 rings (SSSR count). The number of nitrogens with zero attached hydrogens (tertiary/aromatic N) is 1. The van der Waals surface area contributed by atoms with Crippen molar-refractivity contribution in [3.05, 3.63) is 0 Å². The molecule has 1 N–H and O–H groups in total. The Morgan fingerprint density at radius 2 is 1.95 bits per heavy atom. The second kappa shape index (κ2) is 5.82. The normalized spacial score (nSPS) is 26.1. The molecule has 5 nitrogen and oxygen atoms in total. The van der Waals surface area contributed by atoms with Crippen molar-refractivity contribution in [2.45, 2.75) is 57.0 Å². The van der Waals surface area contributed by atoms with Crippen molar-refractivity contribution < 1.29 is 27.5 Å². The van der Waals surface area contributed by atoms with Crippen LogP contribution in [0, 0.1) is 0 Å². The molecular weight excluding hydrogens is 289 g/mol. The molecule has 21 heavy (non-hydrogen) atoms. The van der Waals surface area contributed by atoms with Crippen molar-refractivity contribution in [1.82, 2.24) is 10.2 Å². The first-order chi connectivity index (χ1) is 9.73. The van der Waals surface area contributed by atoms with E-state index in [1.165, 1.54) is 4.90 Å². The van der Waals surface area contributed by atoms with Gasteiger partial charge in [-0.15, -0.1) is 13.2 Å². The maximum Gasteiger partial charge on any atom is 0.522 e. The molecular formula is C13H19F3N2O3. The topological polar surface area (TPSA) is 58.6 Å². The van der Waals surface area contributed by atoms with Crippen molar-refractivity contribution >= 4 is 11.8 Å². The fraction of sp³-hybridized carbons (Fsp3) is 0.846. The Kier molecular flexibility index (Phi) is 4.46. The Bertz CT molecular complexity index is 419. The highest BCUT2D eigenvalue weighted by molar-refractivity contribution is 5.94. The highest BCUT2D eigenvalue weighted by Crippen LogP contribution is 2.34. The summed E-state index contributed by atoms with van der Waals surface area (Å²) in [5.41, 5.74) is -0.930. The van der Waals surface area contributed by atoms with E-state index in [0.29, 0.717) is 12.8 Å². The van der Waals surface area contributed by atoms with E-state index in [1.807, 2.05) is 0 Å². The van der Waals surface area contributed by atoms with Crippen molar-refractivity contribution in [3.63, 3.8) is 0 Å². The molecule has 1 aliphatic heterocycles. The molecule has 120 valence electrons. The van der Waals surface area contributed by atoms with Crippen LogP contribution < -0.4 is 5.32 Å². The van der Waals surface area contributed by atoms with Crippen LogP contribution >= 0.6 is 0 Å². The van der Waals surface area contributed by atoms with Gasteiger partial charge in [0.05, 0.1) is 6.61 Å². The lowest BCUT2D eigenvalue weighted by molar-refractivity contribution is -0.325. The van der Waals surface area contributed by atoms with Gasteiger partial charge in [-0.25, -0.2) is 0 Å². The number of carbonyl (C=O) groups excluding carboxylic acids is 2. The monoisotopic (exact) mass is 308 g/mol. The summed E-state index contributed by atoms with van der Waals surface area (Å²) < 4.78 is 39.9. The van der Waals surface area contributed by atoms with Crippen LogP contribution in [0.15, 0.2) is 0 Å². The van der Waals surface area contributed by atoms with Crippen LogP contribution in [-0.4, -0.2) is 47.8 Å². The number of hydrogen-bond acceptors (Lipinski definition) is 3. The summed E-state index contributed by atoms with van der Waals surface area (Å²) in [5, 5.41) is 2.78. The van der Waals surface area contributed by atoms with Crippen LogP contribution in [-0.2, 0) is 14.3 Å². The lowest BCUT2D eigenvalue weighted by Crippen LogP contribution is -2.56. The Labute approximate surface area is 120 Å². The van der Waals surface area contributed by atoms with Gasteiger partial charge in [0.25, 0.3) is 0 Å². The minimum atomic E-state index is -4.71. The lowest BCUT2D eigenvalue weighted by Gasteiger charge is -2.34. The number of carbonyl (C=O) groups is 2. The lowest BCUT2D eigenvalue weighted by atomic mass is 9.95. The van der Waals surface area contributed by atoms with Crippen molar-refractivity contribution in [1.29, 1.82) is 0 Å². The number of ether oxygens (including phenoxy) is 1. The summed E-state index contributed by atoms with van der Waals surface area (Å²) in [6.07, 6.45) is -1.88. The maximum absolute atomic E-state index is 12.7. The van der Waals surface area contributed by atoms with Crippen LogP contribution in [0.3, 0.4) is 0 Å². The third-order valence-corrected chi connectivity index (χ3v) is 4.12.